The van der Waals surface area contributed by atoms with Crippen LogP contribution in [-0.2, 0) is 11.0 Å². The van der Waals surface area contributed by atoms with Crippen LogP contribution in [0.2, 0.25) is 5.02 Å². The van der Waals surface area contributed by atoms with Gasteiger partial charge in [-0.3, -0.25) is 19.6 Å². The van der Waals surface area contributed by atoms with Crippen LogP contribution in [0.25, 0.3) is 0 Å². The van der Waals surface area contributed by atoms with Crippen molar-refractivity contribution in [2.75, 3.05) is 12.4 Å². The molecule has 1 amide bonds. The number of hydrogen-bond acceptors (Lipinski definition) is 5. The fourth-order valence-corrected chi connectivity index (χ4v) is 2.53. The third kappa shape index (κ3) is 4.13. The Morgan fingerprint density at radius 3 is 2.56 bits per heavy atom. The highest BCUT2D eigenvalue weighted by molar-refractivity contribution is 6.32. The van der Waals surface area contributed by atoms with Crippen molar-refractivity contribution in [3.05, 3.63) is 44.7 Å². The van der Waals surface area contributed by atoms with E-state index >= 15 is 0 Å². The molecular weight excluding hydrogens is 393 g/mol. The molecule has 1 heterocycles. The molecule has 0 fully saturated rings. The summed E-state index contributed by atoms with van der Waals surface area (Å²) >= 11 is 5.68. The molecule has 0 radical (unpaired) electrons. The zero-order valence-electron chi connectivity index (χ0n) is 14.3. The molecule has 1 aromatic carbocycles. The minimum atomic E-state index is -4.76. The Morgan fingerprint density at radius 1 is 1.44 bits per heavy atom. The first-order chi connectivity index (χ1) is 12.5. The number of nitrogens with one attached hydrogen (secondary N) is 1. The van der Waals surface area contributed by atoms with Gasteiger partial charge in [0.25, 0.3) is 5.69 Å². The van der Waals surface area contributed by atoms with Crippen LogP contribution in [0.1, 0.15) is 24.4 Å². The highest BCUT2D eigenvalue weighted by Crippen LogP contribution is 2.36. The van der Waals surface area contributed by atoms with E-state index in [0.717, 1.165) is 16.8 Å². The van der Waals surface area contributed by atoms with Crippen LogP contribution in [0.15, 0.2) is 18.2 Å². The van der Waals surface area contributed by atoms with Crippen LogP contribution in [0.4, 0.5) is 24.5 Å². The number of anilines is 1. The lowest BCUT2D eigenvalue weighted by Gasteiger charge is -2.16. The smallest absolute Gasteiger partial charge is 0.436 e. The lowest BCUT2D eigenvalue weighted by atomic mass is 10.2. The van der Waals surface area contributed by atoms with E-state index in [1.165, 1.54) is 27.0 Å². The number of alkyl halides is 3. The number of halogens is 4. The van der Waals surface area contributed by atoms with E-state index in [9.17, 15) is 28.1 Å². The standard InChI is InChI=1S/C15H14ClF3N4O4/c1-7-12(16)13(15(17,18)19)21-22(7)8(2)14(24)20-10-5-4-9(23(25)26)6-11(10)27-3/h4-6,8H,1-3H3,(H,20,24). The van der Waals surface area contributed by atoms with Crippen LogP contribution in [0, 0.1) is 17.0 Å². The van der Waals surface area contributed by atoms with Gasteiger partial charge in [-0.2, -0.15) is 18.3 Å². The summed E-state index contributed by atoms with van der Waals surface area (Å²) in [4.78, 5) is 22.6. The van der Waals surface area contributed by atoms with Crippen molar-refractivity contribution in [3.63, 3.8) is 0 Å². The second-order valence-corrected chi connectivity index (χ2v) is 5.88. The minimum absolute atomic E-state index is 0.0240. The highest BCUT2D eigenvalue weighted by atomic mass is 35.5. The van der Waals surface area contributed by atoms with E-state index in [1.54, 1.807) is 0 Å². The number of non-ortho nitro benzene ring substituents is 1. The number of aromatic nitrogens is 2. The number of amides is 1. The Kier molecular flexibility index (Phi) is 5.64. The molecule has 1 N–H and O–H groups in total. The molecule has 1 unspecified atom stereocenters. The molecule has 0 saturated carbocycles. The predicted molar refractivity (Wildman–Crippen MR) is 90.0 cm³/mol. The van der Waals surface area contributed by atoms with Gasteiger partial charge in [0, 0.05) is 6.07 Å². The van der Waals surface area contributed by atoms with E-state index in [-0.39, 0.29) is 22.8 Å². The number of nitro groups is 1. The Balaban J connectivity index is 2.31. The molecule has 27 heavy (non-hydrogen) atoms. The maximum atomic E-state index is 12.9. The SMILES string of the molecule is COc1cc([N+](=O)[O-])ccc1NC(=O)C(C)n1nc(C(F)(F)F)c(Cl)c1C. The molecule has 0 aliphatic carbocycles. The quantitative estimate of drug-likeness (QED) is 0.598. The normalized spacial score (nSPS) is 12.6. The molecule has 2 rings (SSSR count). The van der Waals surface area contributed by atoms with Crippen LogP contribution < -0.4 is 10.1 Å². The monoisotopic (exact) mass is 406 g/mol. The molecule has 8 nitrogen and oxygen atoms in total. The van der Waals surface area contributed by atoms with E-state index in [1.807, 2.05) is 0 Å². The maximum absolute atomic E-state index is 12.9. The van der Waals surface area contributed by atoms with Gasteiger partial charge >= 0.3 is 6.18 Å². The van der Waals surface area contributed by atoms with E-state index in [4.69, 9.17) is 16.3 Å². The van der Waals surface area contributed by atoms with Gasteiger partial charge in [-0.1, -0.05) is 11.6 Å². The van der Waals surface area contributed by atoms with E-state index in [0.29, 0.717) is 0 Å². The van der Waals surface area contributed by atoms with Crippen molar-refractivity contribution in [1.82, 2.24) is 9.78 Å². The highest BCUT2D eigenvalue weighted by Gasteiger charge is 2.39. The third-order valence-corrected chi connectivity index (χ3v) is 4.20. The number of carbonyl (C=O) groups is 1. The molecule has 0 aliphatic rings. The molecule has 12 heteroatoms. The van der Waals surface area contributed by atoms with Gasteiger partial charge in [-0.05, 0) is 19.9 Å². The maximum Gasteiger partial charge on any atom is 0.436 e. The number of hydrogen-bond donors (Lipinski definition) is 1. The first kappa shape index (κ1) is 20.5. The van der Waals surface area contributed by atoms with Gasteiger partial charge in [-0.15, -0.1) is 0 Å². The fraction of sp³-hybridized carbons (Fsp3) is 0.333. The molecule has 0 bridgehead atoms. The van der Waals surface area contributed by atoms with Crippen LogP contribution >= 0.6 is 11.6 Å². The van der Waals surface area contributed by atoms with E-state index < -0.39 is 33.8 Å². The van der Waals surface area contributed by atoms with Gasteiger partial charge in [0.15, 0.2) is 5.69 Å². The first-order valence-electron chi connectivity index (χ1n) is 7.42. The van der Waals surface area contributed by atoms with Crippen molar-refractivity contribution in [2.45, 2.75) is 26.1 Å². The molecule has 0 saturated heterocycles. The molecule has 146 valence electrons. The molecule has 0 spiro atoms. The second kappa shape index (κ2) is 7.43. The number of rotatable bonds is 5. The lowest BCUT2D eigenvalue weighted by Crippen LogP contribution is -2.25. The first-order valence-corrected chi connectivity index (χ1v) is 7.80. The zero-order chi connectivity index (χ0) is 20.5. The molecule has 0 aliphatic heterocycles. The summed E-state index contributed by atoms with van der Waals surface area (Å²) < 4.78 is 44.6. The largest absolute Gasteiger partial charge is 0.494 e. The molecule has 1 atom stereocenters. The van der Waals surface area contributed by atoms with Gasteiger partial charge in [-0.25, -0.2) is 0 Å². The minimum Gasteiger partial charge on any atom is -0.494 e. The summed E-state index contributed by atoms with van der Waals surface area (Å²) in [6.45, 7) is 2.64. The average Bonchev–Trinajstić information content (AvgIpc) is 2.89. The summed E-state index contributed by atoms with van der Waals surface area (Å²) in [7, 11) is 1.26. The van der Waals surface area contributed by atoms with Crippen molar-refractivity contribution in [3.8, 4) is 5.75 Å². The number of nitro benzene ring substituents is 1. The van der Waals surface area contributed by atoms with Gasteiger partial charge in [0.2, 0.25) is 5.91 Å². The molecular formula is C15H14ClF3N4O4. The summed E-state index contributed by atoms with van der Waals surface area (Å²) in [5, 5.41) is 16.1. The van der Waals surface area contributed by atoms with Crippen molar-refractivity contribution in [2.24, 2.45) is 0 Å². The van der Waals surface area contributed by atoms with Crippen LogP contribution in [0.5, 0.6) is 5.75 Å². The Morgan fingerprint density at radius 2 is 2.07 bits per heavy atom. The predicted octanol–water partition coefficient (Wildman–Crippen LogP) is 3.98. The molecule has 1 aromatic heterocycles. The Hall–Kier alpha value is -2.82. The topological polar surface area (TPSA) is 99.3 Å². The third-order valence-electron chi connectivity index (χ3n) is 3.75. The van der Waals surface area contributed by atoms with Crippen molar-refractivity contribution in [1.29, 1.82) is 0 Å². The van der Waals surface area contributed by atoms with Crippen LogP contribution in [-0.4, -0.2) is 27.7 Å². The fourth-order valence-electron chi connectivity index (χ4n) is 2.30. The summed E-state index contributed by atoms with van der Waals surface area (Å²) in [6, 6.07) is 2.38. The Labute approximate surface area is 156 Å². The lowest BCUT2D eigenvalue weighted by molar-refractivity contribution is -0.384. The summed E-state index contributed by atoms with van der Waals surface area (Å²) in [6.07, 6.45) is -4.76. The van der Waals surface area contributed by atoms with Crippen molar-refractivity contribution < 1.29 is 27.6 Å². The van der Waals surface area contributed by atoms with Crippen molar-refractivity contribution >= 4 is 28.9 Å². The van der Waals surface area contributed by atoms with Gasteiger partial charge in [0.05, 0.1) is 34.5 Å². The zero-order valence-corrected chi connectivity index (χ0v) is 15.1. The number of nitrogens with zero attached hydrogens (tertiary/aromatic N) is 3. The second-order valence-electron chi connectivity index (χ2n) is 5.50. The number of carbonyl (C=O) groups excluding carboxylic acids is 1. The number of benzene rings is 1. The van der Waals surface area contributed by atoms with Gasteiger partial charge in [0.1, 0.15) is 11.8 Å². The van der Waals surface area contributed by atoms with E-state index in [2.05, 4.69) is 10.4 Å². The Bertz CT molecular complexity index is 898. The van der Waals surface area contributed by atoms with Gasteiger partial charge < -0.3 is 10.1 Å². The number of ether oxygens (including phenoxy) is 1. The van der Waals surface area contributed by atoms with Crippen LogP contribution in [0.3, 0.4) is 0 Å². The summed E-state index contributed by atoms with van der Waals surface area (Å²) in [5.74, 6) is -0.686. The average molecular weight is 407 g/mol. The summed E-state index contributed by atoms with van der Waals surface area (Å²) in [5.41, 5.74) is -1.44. The number of methoxy groups -OCH3 is 1. The molecule has 2 aromatic rings.